The van der Waals surface area contributed by atoms with Gasteiger partial charge in [0, 0.05) is 18.9 Å². The van der Waals surface area contributed by atoms with Crippen molar-refractivity contribution in [2.45, 2.75) is 77.4 Å². The minimum atomic E-state index is -1.78. The Balaban J connectivity index is 2.75. The van der Waals surface area contributed by atoms with Crippen LogP contribution in [0, 0.1) is 5.92 Å². The van der Waals surface area contributed by atoms with E-state index in [-0.39, 0.29) is 5.92 Å². The van der Waals surface area contributed by atoms with Crippen LogP contribution in [0.2, 0.25) is 16.6 Å². The molecule has 0 aromatic heterocycles. The molecule has 0 radical (unpaired) electrons. The molecule has 0 aliphatic heterocycles. The van der Waals surface area contributed by atoms with Crippen molar-refractivity contribution in [2.24, 2.45) is 5.92 Å². The van der Waals surface area contributed by atoms with E-state index in [4.69, 9.17) is 4.43 Å². The SMILES string of the molecule is CC(C)[Si](OCC1CCCC1=O)(C(C)C)C(C)C. The highest BCUT2D eigenvalue weighted by Crippen LogP contribution is 2.42. The van der Waals surface area contributed by atoms with E-state index in [1.54, 1.807) is 0 Å². The van der Waals surface area contributed by atoms with Crippen molar-refractivity contribution in [1.82, 2.24) is 0 Å². The Morgan fingerprint density at radius 1 is 1.11 bits per heavy atom. The molecule has 0 N–H and O–H groups in total. The molecule has 0 aromatic carbocycles. The molecular formula is C15H30O2Si. The molecule has 1 aliphatic carbocycles. The molecule has 2 nitrogen and oxygen atoms in total. The van der Waals surface area contributed by atoms with Crippen LogP contribution in [0.15, 0.2) is 0 Å². The summed E-state index contributed by atoms with van der Waals surface area (Å²) in [7, 11) is -1.78. The molecule has 0 saturated heterocycles. The number of ketones is 1. The van der Waals surface area contributed by atoms with Gasteiger partial charge in [0.25, 0.3) is 0 Å². The highest BCUT2D eigenvalue weighted by molar-refractivity contribution is 6.77. The highest BCUT2D eigenvalue weighted by atomic mass is 28.4. The summed E-state index contributed by atoms with van der Waals surface area (Å²) in [5, 5.41) is 0. The number of carbonyl (C=O) groups excluding carboxylic acids is 1. The first kappa shape index (κ1) is 15.9. The van der Waals surface area contributed by atoms with Gasteiger partial charge in [0.2, 0.25) is 0 Å². The van der Waals surface area contributed by atoms with Gasteiger partial charge in [-0.3, -0.25) is 4.79 Å². The Hall–Kier alpha value is -0.153. The first-order valence-corrected chi connectivity index (χ1v) is 9.63. The van der Waals surface area contributed by atoms with Gasteiger partial charge in [-0.2, -0.15) is 0 Å². The van der Waals surface area contributed by atoms with E-state index in [1.165, 1.54) is 0 Å². The predicted molar refractivity (Wildman–Crippen MR) is 79.3 cm³/mol. The van der Waals surface area contributed by atoms with Crippen LogP contribution in [0.5, 0.6) is 0 Å². The van der Waals surface area contributed by atoms with Crippen molar-refractivity contribution in [2.75, 3.05) is 6.61 Å². The second-order valence-corrected chi connectivity index (χ2v) is 12.1. The van der Waals surface area contributed by atoms with Crippen LogP contribution in [-0.2, 0) is 9.22 Å². The summed E-state index contributed by atoms with van der Waals surface area (Å²) in [6, 6.07) is 0. The smallest absolute Gasteiger partial charge is 0.200 e. The third kappa shape index (κ3) is 3.05. The molecule has 18 heavy (non-hydrogen) atoms. The molecule has 1 atom stereocenters. The van der Waals surface area contributed by atoms with Gasteiger partial charge in [-0.05, 0) is 29.5 Å². The molecule has 106 valence electrons. The van der Waals surface area contributed by atoms with E-state index in [1.807, 2.05) is 0 Å². The normalized spacial score (nSPS) is 21.6. The maximum atomic E-state index is 11.7. The Kier molecular flexibility index (Phi) is 5.59. The lowest BCUT2D eigenvalue weighted by atomic mass is 10.1. The topological polar surface area (TPSA) is 26.3 Å². The molecule has 0 heterocycles. The minimum absolute atomic E-state index is 0.188. The van der Waals surface area contributed by atoms with Gasteiger partial charge in [-0.15, -0.1) is 0 Å². The summed E-state index contributed by atoms with van der Waals surface area (Å²) in [6.07, 6.45) is 2.87. The Morgan fingerprint density at radius 3 is 1.94 bits per heavy atom. The third-order valence-corrected chi connectivity index (χ3v) is 10.8. The molecule has 1 fully saturated rings. The number of hydrogen-bond donors (Lipinski definition) is 0. The monoisotopic (exact) mass is 270 g/mol. The van der Waals surface area contributed by atoms with E-state index in [0.717, 1.165) is 19.3 Å². The van der Waals surface area contributed by atoms with Gasteiger partial charge >= 0.3 is 0 Å². The summed E-state index contributed by atoms with van der Waals surface area (Å²) in [6.45, 7) is 14.4. The zero-order valence-electron chi connectivity index (χ0n) is 13.0. The van der Waals surface area contributed by atoms with Gasteiger partial charge in [-0.1, -0.05) is 41.5 Å². The number of hydrogen-bond acceptors (Lipinski definition) is 2. The lowest BCUT2D eigenvalue weighted by Crippen LogP contribution is -2.48. The third-order valence-electron chi connectivity index (χ3n) is 4.67. The molecule has 0 aromatic rings. The van der Waals surface area contributed by atoms with Crippen molar-refractivity contribution in [1.29, 1.82) is 0 Å². The van der Waals surface area contributed by atoms with Crippen LogP contribution in [-0.4, -0.2) is 20.7 Å². The Bertz CT molecular complexity index is 262. The fourth-order valence-electron chi connectivity index (χ4n) is 3.81. The zero-order chi connectivity index (χ0) is 13.9. The van der Waals surface area contributed by atoms with Gasteiger partial charge in [0.15, 0.2) is 8.32 Å². The summed E-state index contributed by atoms with van der Waals surface area (Å²) in [5.74, 6) is 0.613. The van der Waals surface area contributed by atoms with Gasteiger partial charge in [-0.25, -0.2) is 0 Å². The second-order valence-electron chi connectivity index (χ2n) is 6.68. The second kappa shape index (κ2) is 6.33. The van der Waals surface area contributed by atoms with Gasteiger partial charge in [0.1, 0.15) is 5.78 Å². The molecule has 0 amide bonds. The fraction of sp³-hybridized carbons (Fsp3) is 0.933. The standard InChI is InChI=1S/C15H30O2Si/c1-11(2)18(12(3)4,13(5)6)17-10-14-8-7-9-15(14)16/h11-14H,7-10H2,1-6H3. The van der Waals surface area contributed by atoms with Crippen LogP contribution in [0.25, 0.3) is 0 Å². The van der Waals surface area contributed by atoms with Crippen molar-refractivity contribution in [3.05, 3.63) is 0 Å². The Labute approximate surface area is 114 Å². The molecule has 3 heteroatoms. The summed E-state index contributed by atoms with van der Waals surface area (Å²) >= 11 is 0. The molecule has 1 aliphatic rings. The van der Waals surface area contributed by atoms with E-state index in [0.29, 0.717) is 29.0 Å². The highest BCUT2D eigenvalue weighted by Gasteiger charge is 2.45. The van der Waals surface area contributed by atoms with Crippen LogP contribution in [0.1, 0.15) is 60.8 Å². The summed E-state index contributed by atoms with van der Waals surface area (Å²) in [5.41, 5.74) is 1.82. The lowest BCUT2D eigenvalue weighted by Gasteiger charge is -2.42. The van der Waals surface area contributed by atoms with Crippen molar-refractivity contribution < 1.29 is 9.22 Å². The fourth-order valence-corrected chi connectivity index (χ4v) is 9.30. The average molecular weight is 270 g/mol. The zero-order valence-corrected chi connectivity index (χ0v) is 14.0. The van der Waals surface area contributed by atoms with E-state index < -0.39 is 8.32 Å². The van der Waals surface area contributed by atoms with Gasteiger partial charge in [0.05, 0.1) is 0 Å². The van der Waals surface area contributed by atoms with Crippen LogP contribution < -0.4 is 0 Å². The van der Waals surface area contributed by atoms with Crippen LogP contribution >= 0.6 is 0 Å². The largest absolute Gasteiger partial charge is 0.415 e. The number of carbonyl (C=O) groups is 1. The molecule has 1 rings (SSSR count). The summed E-state index contributed by atoms with van der Waals surface area (Å²) in [4.78, 5) is 11.7. The quantitative estimate of drug-likeness (QED) is 0.662. The van der Waals surface area contributed by atoms with Gasteiger partial charge < -0.3 is 4.43 Å². The molecule has 0 spiro atoms. The first-order chi connectivity index (χ1) is 8.32. The van der Waals surface area contributed by atoms with E-state index in [2.05, 4.69) is 41.5 Å². The van der Waals surface area contributed by atoms with Crippen molar-refractivity contribution in [3.8, 4) is 0 Å². The number of rotatable bonds is 6. The molecular weight excluding hydrogens is 240 g/mol. The van der Waals surface area contributed by atoms with E-state index >= 15 is 0 Å². The molecule has 0 bridgehead atoms. The van der Waals surface area contributed by atoms with E-state index in [9.17, 15) is 4.79 Å². The maximum absolute atomic E-state index is 11.7. The molecule has 1 saturated carbocycles. The first-order valence-electron chi connectivity index (χ1n) is 7.49. The van der Waals surface area contributed by atoms with Crippen LogP contribution in [0.4, 0.5) is 0 Å². The number of Topliss-reactive ketones (excluding diaryl/α,β-unsaturated/α-hetero) is 1. The Morgan fingerprint density at radius 2 is 1.61 bits per heavy atom. The average Bonchev–Trinajstić information content (AvgIpc) is 2.63. The lowest BCUT2D eigenvalue weighted by molar-refractivity contribution is -0.121. The predicted octanol–water partition coefficient (Wildman–Crippen LogP) is 4.55. The summed E-state index contributed by atoms with van der Waals surface area (Å²) < 4.78 is 6.49. The van der Waals surface area contributed by atoms with Crippen molar-refractivity contribution in [3.63, 3.8) is 0 Å². The van der Waals surface area contributed by atoms with Crippen molar-refractivity contribution >= 4 is 14.1 Å². The molecule has 1 unspecified atom stereocenters. The maximum Gasteiger partial charge on any atom is 0.200 e. The minimum Gasteiger partial charge on any atom is -0.415 e. The van der Waals surface area contributed by atoms with Crippen LogP contribution in [0.3, 0.4) is 0 Å².